The molecule has 88 valence electrons. The highest BCUT2D eigenvalue weighted by atomic mass is 16.5. The zero-order valence-electron chi connectivity index (χ0n) is 9.73. The Morgan fingerprint density at radius 3 is 2.75 bits per heavy atom. The van der Waals surface area contributed by atoms with E-state index >= 15 is 0 Å². The van der Waals surface area contributed by atoms with Crippen LogP contribution in [0.25, 0.3) is 0 Å². The van der Waals surface area contributed by atoms with Gasteiger partial charge in [-0.25, -0.2) is 4.98 Å². The lowest BCUT2D eigenvalue weighted by molar-refractivity contribution is -0.136. The first-order valence-electron chi connectivity index (χ1n) is 5.16. The normalized spacial score (nSPS) is 10.5. The molecule has 0 amide bonds. The molecule has 0 saturated carbocycles. The summed E-state index contributed by atoms with van der Waals surface area (Å²) in [5.74, 6) is -0.123. The topological polar surface area (TPSA) is 72.3 Å². The minimum atomic E-state index is -0.839. The van der Waals surface area contributed by atoms with Crippen molar-refractivity contribution in [2.75, 3.05) is 7.11 Å². The molecule has 1 N–H and O–H groups in total. The molecule has 0 aromatic carbocycles. The van der Waals surface area contributed by atoms with Crippen molar-refractivity contribution in [3.8, 4) is 5.88 Å². The molecule has 0 fully saturated rings. The summed E-state index contributed by atoms with van der Waals surface area (Å²) >= 11 is 0. The summed E-state index contributed by atoms with van der Waals surface area (Å²) < 4.78 is 5.13. The first-order chi connectivity index (χ1) is 7.54. The minimum absolute atomic E-state index is 0.0544. The maximum absolute atomic E-state index is 10.4. The molecule has 1 rings (SSSR count). The molecule has 0 saturated heterocycles. The molecule has 0 radical (unpaired) electrons. The predicted molar refractivity (Wildman–Crippen MR) is 58.6 cm³/mol. The number of hydrogen-bond acceptors (Lipinski definition) is 4. The lowest BCUT2D eigenvalue weighted by Crippen LogP contribution is -2.05. The van der Waals surface area contributed by atoms with E-state index < -0.39 is 5.97 Å². The number of carbonyl (C=O) groups is 1. The van der Waals surface area contributed by atoms with Gasteiger partial charge in [0.25, 0.3) is 0 Å². The van der Waals surface area contributed by atoms with Crippen molar-refractivity contribution < 1.29 is 14.6 Å². The monoisotopic (exact) mass is 224 g/mol. The standard InChI is InChI=1S/C11H16N2O3/c1-7(2)10-11(16-3)13-8(6-12-10)4-5-9(14)15/h6-7H,4-5H2,1-3H3,(H,14,15). The molecule has 1 heterocycles. The van der Waals surface area contributed by atoms with Crippen LogP contribution < -0.4 is 4.74 Å². The number of aromatic nitrogens is 2. The van der Waals surface area contributed by atoms with Gasteiger partial charge in [0.2, 0.25) is 5.88 Å². The Kier molecular flexibility index (Phi) is 4.22. The van der Waals surface area contributed by atoms with Crippen molar-refractivity contribution in [1.29, 1.82) is 0 Å². The zero-order chi connectivity index (χ0) is 12.1. The van der Waals surface area contributed by atoms with Crippen molar-refractivity contribution >= 4 is 5.97 Å². The van der Waals surface area contributed by atoms with Crippen LogP contribution in [0, 0.1) is 0 Å². The summed E-state index contributed by atoms with van der Waals surface area (Å²) in [5, 5.41) is 8.56. The van der Waals surface area contributed by atoms with Gasteiger partial charge in [0, 0.05) is 18.5 Å². The van der Waals surface area contributed by atoms with Crippen LogP contribution in [-0.2, 0) is 11.2 Å². The van der Waals surface area contributed by atoms with E-state index in [1.807, 2.05) is 13.8 Å². The van der Waals surface area contributed by atoms with Gasteiger partial charge in [0.1, 0.15) is 5.69 Å². The maximum Gasteiger partial charge on any atom is 0.303 e. The average molecular weight is 224 g/mol. The molecule has 0 aliphatic carbocycles. The Balaban J connectivity index is 2.86. The molecule has 5 nitrogen and oxygen atoms in total. The Hall–Kier alpha value is -1.65. The van der Waals surface area contributed by atoms with Crippen LogP contribution in [0.4, 0.5) is 0 Å². The van der Waals surface area contributed by atoms with E-state index in [4.69, 9.17) is 9.84 Å². The van der Waals surface area contributed by atoms with Gasteiger partial charge >= 0.3 is 5.97 Å². The van der Waals surface area contributed by atoms with Gasteiger partial charge in [-0.1, -0.05) is 13.8 Å². The number of ether oxygens (including phenoxy) is 1. The summed E-state index contributed by atoms with van der Waals surface area (Å²) in [7, 11) is 1.54. The summed E-state index contributed by atoms with van der Waals surface area (Å²) in [4.78, 5) is 18.9. The van der Waals surface area contributed by atoms with Crippen LogP contribution in [0.1, 0.15) is 37.6 Å². The molecule has 0 aliphatic heterocycles. The third-order valence-corrected chi connectivity index (χ3v) is 2.15. The quantitative estimate of drug-likeness (QED) is 0.822. The van der Waals surface area contributed by atoms with Gasteiger partial charge in [-0.15, -0.1) is 0 Å². The zero-order valence-corrected chi connectivity index (χ0v) is 9.73. The lowest BCUT2D eigenvalue weighted by Gasteiger charge is -2.10. The number of carboxylic acids is 1. The molecule has 5 heteroatoms. The molecule has 0 atom stereocenters. The number of methoxy groups -OCH3 is 1. The highest BCUT2D eigenvalue weighted by Crippen LogP contribution is 2.21. The van der Waals surface area contributed by atoms with E-state index in [0.29, 0.717) is 18.0 Å². The summed E-state index contributed by atoms with van der Waals surface area (Å²) in [6, 6.07) is 0. The van der Waals surface area contributed by atoms with Crippen LogP contribution >= 0.6 is 0 Å². The Bertz CT molecular complexity index is 377. The van der Waals surface area contributed by atoms with Crippen LogP contribution in [0.2, 0.25) is 0 Å². The Morgan fingerprint density at radius 2 is 2.25 bits per heavy atom. The van der Waals surface area contributed by atoms with Gasteiger partial charge in [0.05, 0.1) is 19.2 Å². The number of carboxylic acid groups (broad SMARTS) is 1. The summed E-state index contributed by atoms with van der Waals surface area (Å²) in [6.45, 7) is 4.01. The Labute approximate surface area is 94.5 Å². The summed E-state index contributed by atoms with van der Waals surface area (Å²) in [5.41, 5.74) is 1.44. The van der Waals surface area contributed by atoms with Crippen molar-refractivity contribution in [2.24, 2.45) is 0 Å². The minimum Gasteiger partial charge on any atom is -0.481 e. The van der Waals surface area contributed by atoms with Crippen LogP contribution in [0.3, 0.4) is 0 Å². The van der Waals surface area contributed by atoms with Crippen molar-refractivity contribution in [1.82, 2.24) is 9.97 Å². The van der Waals surface area contributed by atoms with Crippen molar-refractivity contribution in [3.63, 3.8) is 0 Å². The van der Waals surface area contributed by atoms with Crippen molar-refractivity contribution in [3.05, 3.63) is 17.6 Å². The fourth-order valence-corrected chi connectivity index (χ4v) is 1.32. The molecular formula is C11H16N2O3. The number of nitrogens with zero attached hydrogens (tertiary/aromatic N) is 2. The average Bonchev–Trinajstić information content (AvgIpc) is 2.25. The maximum atomic E-state index is 10.4. The predicted octanol–water partition coefficient (Wildman–Crippen LogP) is 1.63. The third-order valence-electron chi connectivity index (χ3n) is 2.15. The molecule has 0 bridgehead atoms. The molecule has 0 spiro atoms. The highest BCUT2D eigenvalue weighted by molar-refractivity contribution is 5.66. The largest absolute Gasteiger partial charge is 0.481 e. The molecule has 16 heavy (non-hydrogen) atoms. The first kappa shape index (κ1) is 12.4. The van der Waals surface area contributed by atoms with Gasteiger partial charge in [-0.05, 0) is 0 Å². The SMILES string of the molecule is COc1nc(CCC(=O)O)cnc1C(C)C. The van der Waals surface area contributed by atoms with Crippen LogP contribution in [0.5, 0.6) is 5.88 Å². The van der Waals surface area contributed by atoms with Crippen molar-refractivity contribution in [2.45, 2.75) is 32.6 Å². The fraction of sp³-hybridized carbons (Fsp3) is 0.545. The smallest absolute Gasteiger partial charge is 0.303 e. The number of aryl methyl sites for hydroxylation is 1. The second kappa shape index (κ2) is 5.44. The number of aliphatic carboxylic acids is 1. The molecule has 0 aliphatic rings. The Morgan fingerprint density at radius 1 is 1.56 bits per heavy atom. The summed E-state index contributed by atoms with van der Waals surface area (Å²) in [6.07, 6.45) is 2.04. The number of rotatable bonds is 5. The molecule has 0 unspecified atom stereocenters. The van der Waals surface area contributed by atoms with Crippen LogP contribution in [-0.4, -0.2) is 28.2 Å². The van der Waals surface area contributed by atoms with E-state index in [9.17, 15) is 4.79 Å². The molecule has 1 aromatic rings. The molecular weight excluding hydrogens is 208 g/mol. The van der Waals surface area contributed by atoms with Crippen LogP contribution in [0.15, 0.2) is 6.20 Å². The third kappa shape index (κ3) is 3.18. The van der Waals surface area contributed by atoms with E-state index in [2.05, 4.69) is 9.97 Å². The van der Waals surface area contributed by atoms with E-state index in [0.717, 1.165) is 5.69 Å². The van der Waals surface area contributed by atoms with E-state index in [1.54, 1.807) is 6.20 Å². The van der Waals surface area contributed by atoms with Gasteiger partial charge in [0.15, 0.2) is 0 Å². The van der Waals surface area contributed by atoms with Gasteiger partial charge < -0.3 is 9.84 Å². The number of hydrogen-bond donors (Lipinski definition) is 1. The van der Waals surface area contributed by atoms with E-state index in [1.165, 1.54) is 7.11 Å². The molecule has 1 aromatic heterocycles. The first-order valence-corrected chi connectivity index (χ1v) is 5.16. The second-order valence-electron chi connectivity index (χ2n) is 3.80. The fourth-order valence-electron chi connectivity index (χ4n) is 1.32. The highest BCUT2D eigenvalue weighted by Gasteiger charge is 2.12. The van der Waals surface area contributed by atoms with E-state index in [-0.39, 0.29) is 12.3 Å². The van der Waals surface area contributed by atoms with Gasteiger partial charge in [-0.3, -0.25) is 9.78 Å². The second-order valence-corrected chi connectivity index (χ2v) is 3.80. The van der Waals surface area contributed by atoms with Gasteiger partial charge in [-0.2, -0.15) is 0 Å². The lowest BCUT2D eigenvalue weighted by atomic mass is 10.1.